The Balaban J connectivity index is 1.72. The van der Waals surface area contributed by atoms with Gasteiger partial charge in [-0.25, -0.2) is 14.4 Å². The summed E-state index contributed by atoms with van der Waals surface area (Å²) in [7, 11) is 1.72. The predicted molar refractivity (Wildman–Crippen MR) is 121 cm³/mol. The number of nitrogens with one attached hydrogen (secondary N) is 3. The van der Waals surface area contributed by atoms with Gasteiger partial charge in [0.1, 0.15) is 5.83 Å². The largest absolute Gasteiger partial charge is 0.393 e. The van der Waals surface area contributed by atoms with Crippen LogP contribution < -0.4 is 15.5 Å². The summed E-state index contributed by atoms with van der Waals surface area (Å²) >= 11 is 0. The van der Waals surface area contributed by atoms with E-state index in [0.717, 1.165) is 35.4 Å². The molecule has 3 N–H and O–H groups in total. The molecule has 2 atom stereocenters. The fourth-order valence-electron chi connectivity index (χ4n) is 4.16. The van der Waals surface area contributed by atoms with Crippen molar-refractivity contribution in [2.75, 3.05) is 25.0 Å². The van der Waals surface area contributed by atoms with E-state index in [0.29, 0.717) is 29.1 Å². The molecule has 1 aliphatic heterocycles. The molecule has 0 bridgehead atoms. The van der Waals surface area contributed by atoms with Gasteiger partial charge in [0, 0.05) is 66.3 Å². The number of hydrogen-bond acceptors (Lipinski definition) is 6. The molecule has 2 aliphatic rings. The maximum absolute atomic E-state index is 14.3. The van der Waals surface area contributed by atoms with E-state index >= 15 is 0 Å². The minimum Gasteiger partial charge on any atom is -0.393 e. The van der Waals surface area contributed by atoms with E-state index in [1.54, 1.807) is 19.3 Å². The van der Waals surface area contributed by atoms with Crippen molar-refractivity contribution in [2.45, 2.75) is 32.9 Å². The topological polar surface area (TPSA) is 76.9 Å². The Hall–Kier alpha value is -3.06. The number of halogens is 1. The van der Waals surface area contributed by atoms with Gasteiger partial charge in [-0.1, -0.05) is 0 Å². The molecule has 2 unspecified atom stereocenters. The Kier molecular flexibility index (Phi) is 5.39. The third-order valence-corrected chi connectivity index (χ3v) is 5.47. The normalized spacial score (nSPS) is 23.6. The summed E-state index contributed by atoms with van der Waals surface area (Å²) in [5.74, 6) is -0.130. The molecule has 0 saturated carbocycles. The second-order valence-corrected chi connectivity index (χ2v) is 8.06. The molecule has 1 aliphatic carbocycles. The van der Waals surface area contributed by atoms with Crippen LogP contribution in [-0.4, -0.2) is 47.9 Å². The van der Waals surface area contributed by atoms with E-state index in [4.69, 9.17) is 10.4 Å². The summed E-state index contributed by atoms with van der Waals surface area (Å²) in [6.45, 7) is 8.27. The van der Waals surface area contributed by atoms with Crippen molar-refractivity contribution in [1.29, 1.82) is 5.41 Å². The highest BCUT2D eigenvalue weighted by Gasteiger charge is 2.22. The van der Waals surface area contributed by atoms with Crippen molar-refractivity contribution < 1.29 is 4.39 Å². The van der Waals surface area contributed by atoms with E-state index in [1.165, 1.54) is 6.08 Å². The third kappa shape index (κ3) is 3.85. The van der Waals surface area contributed by atoms with E-state index in [9.17, 15) is 4.39 Å². The second kappa shape index (κ2) is 7.99. The molecule has 156 valence electrons. The minimum atomic E-state index is -0.590. The van der Waals surface area contributed by atoms with E-state index in [2.05, 4.69) is 46.5 Å². The first-order valence-electron chi connectivity index (χ1n) is 10.2. The van der Waals surface area contributed by atoms with Crippen molar-refractivity contribution in [3.05, 3.63) is 59.5 Å². The van der Waals surface area contributed by atoms with Crippen molar-refractivity contribution in [3.8, 4) is 0 Å². The summed E-state index contributed by atoms with van der Waals surface area (Å²) in [5, 5.41) is 15.3. The van der Waals surface area contributed by atoms with Gasteiger partial charge in [-0.05, 0) is 51.1 Å². The number of rotatable bonds is 3. The average Bonchev–Trinajstić information content (AvgIpc) is 2.70. The number of hydrogen-bond donors (Lipinski definition) is 3. The number of fused-ring (bicyclic) bond motifs is 1. The maximum Gasteiger partial charge on any atom is 0.160 e. The number of allylic oxidation sites excluding steroid dienone is 5. The summed E-state index contributed by atoms with van der Waals surface area (Å²) in [6, 6.07) is 7.12. The summed E-state index contributed by atoms with van der Waals surface area (Å²) in [5.41, 5.74) is 3.72. The highest BCUT2D eigenvalue weighted by Crippen LogP contribution is 2.29. The van der Waals surface area contributed by atoms with Gasteiger partial charge in [0.05, 0.1) is 11.2 Å². The van der Waals surface area contributed by atoms with Gasteiger partial charge in [0.25, 0.3) is 0 Å². The van der Waals surface area contributed by atoms with Crippen LogP contribution >= 0.6 is 0 Å². The molecule has 1 aromatic carbocycles. The Morgan fingerprint density at radius 2 is 1.93 bits per heavy atom. The maximum atomic E-state index is 14.3. The van der Waals surface area contributed by atoms with E-state index in [-0.39, 0.29) is 5.71 Å². The van der Waals surface area contributed by atoms with Gasteiger partial charge >= 0.3 is 0 Å². The summed E-state index contributed by atoms with van der Waals surface area (Å²) in [4.78, 5) is 11.7. The van der Waals surface area contributed by atoms with Crippen molar-refractivity contribution in [2.24, 2.45) is 0 Å². The molecule has 0 amide bonds. The lowest BCUT2D eigenvalue weighted by atomic mass is 9.99. The molecule has 2 heterocycles. The highest BCUT2D eigenvalue weighted by atomic mass is 19.1. The molecule has 1 saturated heterocycles. The number of benzene rings is 1. The highest BCUT2D eigenvalue weighted by molar-refractivity contribution is 6.15. The molecule has 1 fully saturated rings. The third-order valence-electron chi connectivity index (χ3n) is 5.47. The minimum absolute atomic E-state index is 0.144. The lowest BCUT2D eigenvalue weighted by Crippen LogP contribution is -2.54. The first-order valence-corrected chi connectivity index (χ1v) is 10.2. The smallest absolute Gasteiger partial charge is 0.160 e. The zero-order chi connectivity index (χ0) is 21.4. The standard InChI is InChI=1S/C23H27FN6/c1-13-11-30(12-14(2)27-13)18-5-6-21-19(9-18)15(3)28-23(29-21)16-7-17(10-26-4)22(25)20(24)8-16/h5-10,13-14,25-27H,11-12H2,1-4H3/b17-10-,25-22?. The van der Waals surface area contributed by atoms with E-state index in [1.807, 2.05) is 13.0 Å². The predicted octanol–water partition coefficient (Wildman–Crippen LogP) is 3.50. The van der Waals surface area contributed by atoms with Crippen LogP contribution in [0, 0.1) is 12.3 Å². The lowest BCUT2D eigenvalue weighted by molar-refractivity contribution is 0.407. The van der Waals surface area contributed by atoms with Gasteiger partial charge in [0.15, 0.2) is 5.82 Å². The summed E-state index contributed by atoms with van der Waals surface area (Å²) in [6.07, 6.45) is 4.67. The molecule has 4 rings (SSSR count). The van der Waals surface area contributed by atoms with E-state index < -0.39 is 5.83 Å². The molecule has 1 aromatic heterocycles. The van der Waals surface area contributed by atoms with Crippen molar-refractivity contribution >= 4 is 27.9 Å². The van der Waals surface area contributed by atoms with Crippen LogP contribution in [-0.2, 0) is 0 Å². The average molecular weight is 407 g/mol. The molecular formula is C23H27FN6. The molecule has 0 radical (unpaired) electrons. The van der Waals surface area contributed by atoms with Crippen LogP contribution in [0.1, 0.15) is 25.4 Å². The first-order chi connectivity index (χ1) is 14.4. The van der Waals surface area contributed by atoms with Crippen molar-refractivity contribution in [1.82, 2.24) is 20.6 Å². The van der Waals surface area contributed by atoms with Crippen molar-refractivity contribution in [3.63, 3.8) is 0 Å². The molecule has 0 spiro atoms. The van der Waals surface area contributed by atoms with Gasteiger partial charge in [-0.3, -0.25) is 5.41 Å². The van der Waals surface area contributed by atoms with Crippen LogP contribution in [0.5, 0.6) is 0 Å². The molecule has 6 nitrogen and oxygen atoms in total. The van der Waals surface area contributed by atoms with Gasteiger partial charge in [-0.2, -0.15) is 0 Å². The van der Waals surface area contributed by atoms with Crippen LogP contribution in [0.3, 0.4) is 0 Å². The van der Waals surface area contributed by atoms with Gasteiger partial charge in [0.2, 0.25) is 0 Å². The Bertz CT molecular complexity index is 1090. The number of aryl methyl sites for hydroxylation is 1. The SMILES string of the molecule is CN/C=C1/C=C(c2nc(C)c3cc(N4CC(C)NC(C)C4)ccc3n2)C=C(F)C1=N. The molecule has 30 heavy (non-hydrogen) atoms. The zero-order valence-electron chi connectivity index (χ0n) is 17.8. The van der Waals surface area contributed by atoms with Crippen LogP contribution in [0.4, 0.5) is 10.1 Å². The summed E-state index contributed by atoms with van der Waals surface area (Å²) < 4.78 is 14.3. The monoisotopic (exact) mass is 406 g/mol. The number of nitrogens with zero attached hydrogens (tertiary/aromatic N) is 3. The van der Waals surface area contributed by atoms with Crippen LogP contribution in [0.25, 0.3) is 16.5 Å². The van der Waals surface area contributed by atoms with Crippen LogP contribution in [0.15, 0.2) is 48.0 Å². The number of piperazine rings is 1. The molecule has 7 heteroatoms. The number of anilines is 1. The zero-order valence-corrected chi connectivity index (χ0v) is 17.8. The molecule has 2 aromatic rings. The van der Waals surface area contributed by atoms with Crippen LogP contribution in [0.2, 0.25) is 0 Å². The Morgan fingerprint density at radius 3 is 2.63 bits per heavy atom. The Labute approximate surface area is 176 Å². The Morgan fingerprint density at radius 1 is 1.20 bits per heavy atom. The second-order valence-electron chi connectivity index (χ2n) is 8.06. The molecular weight excluding hydrogens is 379 g/mol. The fraction of sp³-hybridized carbons (Fsp3) is 0.348. The fourth-order valence-corrected chi connectivity index (χ4v) is 4.16. The quantitative estimate of drug-likeness (QED) is 0.727. The number of aromatic nitrogens is 2. The lowest BCUT2D eigenvalue weighted by Gasteiger charge is -2.37. The van der Waals surface area contributed by atoms with Gasteiger partial charge < -0.3 is 15.5 Å². The first kappa shape index (κ1) is 20.2. The van der Waals surface area contributed by atoms with Gasteiger partial charge in [-0.15, -0.1) is 0 Å².